The van der Waals surface area contributed by atoms with Gasteiger partial charge in [-0.15, -0.1) is 0 Å². The van der Waals surface area contributed by atoms with Crippen molar-refractivity contribution in [1.29, 1.82) is 0 Å². The molecular weight excluding hydrogens is 240 g/mol. The van der Waals surface area contributed by atoms with E-state index in [9.17, 15) is 0 Å². The van der Waals surface area contributed by atoms with Crippen LogP contribution in [0.15, 0.2) is 24.3 Å². The Morgan fingerprint density at radius 1 is 0.550 bits per heavy atom. The third kappa shape index (κ3) is 25.4. The molecule has 0 heterocycles. The van der Waals surface area contributed by atoms with Gasteiger partial charge >= 0.3 is 0 Å². The Morgan fingerprint density at radius 2 is 0.850 bits per heavy atom. The topological polar surface area (TPSA) is 0 Å². The summed E-state index contributed by atoms with van der Waals surface area (Å²) in [7, 11) is 0. The molecule has 0 saturated carbocycles. The average Bonchev–Trinajstić information content (AvgIpc) is 2.30. The second-order valence-electron chi connectivity index (χ2n) is 6.09. The summed E-state index contributed by atoms with van der Waals surface area (Å²) in [5.74, 6) is 14.3. The van der Waals surface area contributed by atoms with Gasteiger partial charge in [0.05, 0.1) is 0 Å². The average molecular weight is 272 g/mol. The van der Waals surface area contributed by atoms with Crippen molar-refractivity contribution in [1.82, 2.24) is 0 Å². The smallest absolute Gasteiger partial charge is 0.0149 e. The molecule has 20 heavy (non-hydrogen) atoms. The molecule has 0 unspecified atom stereocenters. The first-order valence-corrected chi connectivity index (χ1v) is 7.61. The molecule has 0 aliphatic rings. The van der Waals surface area contributed by atoms with Crippen LogP contribution in [0.2, 0.25) is 0 Å². The monoisotopic (exact) mass is 272 g/mol. The van der Waals surface area contributed by atoms with E-state index in [0.29, 0.717) is 23.7 Å². The highest BCUT2D eigenvalue weighted by Crippen LogP contribution is 1.93. The van der Waals surface area contributed by atoms with Crippen molar-refractivity contribution >= 4 is 0 Å². The summed E-state index contributed by atoms with van der Waals surface area (Å²) in [4.78, 5) is 0. The first kappa shape index (κ1) is 20.9. The van der Waals surface area contributed by atoms with Crippen LogP contribution in [-0.2, 0) is 0 Å². The molecule has 0 spiro atoms. The van der Waals surface area contributed by atoms with Crippen LogP contribution in [0, 0.1) is 47.4 Å². The van der Waals surface area contributed by atoms with E-state index in [2.05, 4.69) is 91.2 Å². The third-order valence-electron chi connectivity index (χ3n) is 1.87. The van der Waals surface area contributed by atoms with Gasteiger partial charge in [-0.05, 0) is 24.0 Å². The lowest BCUT2D eigenvalue weighted by Gasteiger charge is -1.88. The number of allylic oxidation sites excluding steroid dienone is 4. The molecule has 0 bridgehead atoms. The highest BCUT2D eigenvalue weighted by atomic mass is 13.9. The zero-order chi connectivity index (χ0) is 16.0. The lowest BCUT2D eigenvalue weighted by atomic mass is 10.2. The van der Waals surface area contributed by atoms with Crippen LogP contribution >= 0.6 is 0 Å². The fourth-order valence-corrected chi connectivity index (χ4v) is 0.911. The van der Waals surface area contributed by atoms with Gasteiger partial charge in [-0.1, -0.05) is 91.2 Å². The van der Waals surface area contributed by atoms with Gasteiger partial charge in [0.1, 0.15) is 0 Å². The highest BCUT2D eigenvalue weighted by Gasteiger charge is 1.81. The predicted octanol–water partition coefficient (Wildman–Crippen LogP) is 5.72. The largest absolute Gasteiger partial charge is 0.0957 e. The molecule has 0 aromatic heterocycles. The van der Waals surface area contributed by atoms with Gasteiger partial charge in [0.2, 0.25) is 0 Å². The van der Waals surface area contributed by atoms with Crippen molar-refractivity contribution in [3.63, 3.8) is 0 Å². The predicted molar refractivity (Wildman–Crippen MR) is 93.2 cm³/mol. The minimum absolute atomic E-state index is 0.483. The minimum Gasteiger partial charge on any atom is -0.0957 e. The Balaban J connectivity index is 0. The van der Waals surface area contributed by atoms with Gasteiger partial charge in [-0.3, -0.25) is 0 Å². The summed E-state index contributed by atoms with van der Waals surface area (Å²) < 4.78 is 0. The summed E-state index contributed by atoms with van der Waals surface area (Å²) in [5.41, 5.74) is 0. The maximum absolute atomic E-state index is 3.06. The van der Waals surface area contributed by atoms with E-state index < -0.39 is 0 Å². The van der Waals surface area contributed by atoms with Crippen LogP contribution in [0.1, 0.15) is 55.4 Å². The van der Waals surface area contributed by atoms with E-state index >= 15 is 0 Å². The van der Waals surface area contributed by atoms with E-state index in [0.717, 1.165) is 0 Å². The SMILES string of the molecule is CC(C)C#C/C=C/C(C)C.CC(C)C#C/C=C\C(C)C. The van der Waals surface area contributed by atoms with E-state index in [1.807, 2.05) is 12.2 Å². The van der Waals surface area contributed by atoms with Crippen molar-refractivity contribution in [2.45, 2.75) is 55.4 Å². The zero-order valence-corrected chi connectivity index (χ0v) is 14.6. The first-order valence-electron chi connectivity index (χ1n) is 7.61. The molecule has 0 radical (unpaired) electrons. The van der Waals surface area contributed by atoms with E-state index in [1.165, 1.54) is 0 Å². The molecule has 0 aromatic rings. The lowest BCUT2D eigenvalue weighted by Crippen LogP contribution is -1.77. The van der Waals surface area contributed by atoms with Crippen LogP contribution < -0.4 is 0 Å². The van der Waals surface area contributed by atoms with Gasteiger partial charge in [0.15, 0.2) is 0 Å². The van der Waals surface area contributed by atoms with Gasteiger partial charge in [0, 0.05) is 11.8 Å². The molecule has 0 atom stereocenters. The summed E-state index contributed by atoms with van der Waals surface area (Å²) in [6.45, 7) is 17.0. The Bertz CT molecular complexity index is 341. The molecule has 0 heteroatoms. The molecule has 0 rings (SSSR count). The minimum atomic E-state index is 0.483. The fraction of sp³-hybridized carbons (Fsp3) is 0.600. The molecule has 0 nitrogen and oxygen atoms in total. The Morgan fingerprint density at radius 3 is 1.05 bits per heavy atom. The van der Waals surface area contributed by atoms with Crippen LogP contribution in [0.3, 0.4) is 0 Å². The van der Waals surface area contributed by atoms with Gasteiger partial charge < -0.3 is 0 Å². The molecule has 0 aromatic carbocycles. The molecule has 0 fully saturated rings. The van der Waals surface area contributed by atoms with Crippen LogP contribution in [0.4, 0.5) is 0 Å². The molecule has 0 aliphatic heterocycles. The number of hydrogen-bond donors (Lipinski definition) is 0. The molecular formula is C20H32. The summed E-state index contributed by atoms with van der Waals surface area (Å²) in [5, 5.41) is 0. The second kappa shape index (κ2) is 14.0. The van der Waals surface area contributed by atoms with E-state index in [1.54, 1.807) is 0 Å². The molecule has 112 valence electrons. The first-order chi connectivity index (χ1) is 9.25. The molecule has 0 amide bonds. The highest BCUT2D eigenvalue weighted by molar-refractivity contribution is 5.17. The van der Waals surface area contributed by atoms with E-state index in [4.69, 9.17) is 0 Å². The quantitative estimate of drug-likeness (QED) is 0.564. The van der Waals surface area contributed by atoms with Crippen molar-refractivity contribution < 1.29 is 0 Å². The Kier molecular flexibility index (Phi) is 14.7. The maximum Gasteiger partial charge on any atom is 0.0149 e. The number of hydrogen-bond acceptors (Lipinski definition) is 0. The lowest BCUT2D eigenvalue weighted by molar-refractivity contribution is 0.832. The molecule has 0 aliphatic carbocycles. The summed E-state index contributed by atoms with van der Waals surface area (Å²) in [6, 6.07) is 0. The van der Waals surface area contributed by atoms with Crippen molar-refractivity contribution in [2.24, 2.45) is 23.7 Å². The zero-order valence-electron chi connectivity index (χ0n) is 14.6. The van der Waals surface area contributed by atoms with Gasteiger partial charge in [-0.25, -0.2) is 0 Å². The fourth-order valence-electron chi connectivity index (χ4n) is 0.911. The summed E-state index contributed by atoms with van der Waals surface area (Å²) >= 11 is 0. The Labute approximate surface area is 127 Å². The van der Waals surface area contributed by atoms with Crippen LogP contribution in [0.25, 0.3) is 0 Å². The number of rotatable bonds is 2. The van der Waals surface area contributed by atoms with Gasteiger partial charge in [-0.2, -0.15) is 0 Å². The maximum atomic E-state index is 3.06. The third-order valence-corrected chi connectivity index (χ3v) is 1.87. The standard InChI is InChI=1S/2C10H16/c2*1-9(2)7-5-6-8-10(3)4/h2*5,7,9-10H,1-4H3/b7-5+;7-5-. The summed E-state index contributed by atoms with van der Waals surface area (Å²) in [6.07, 6.45) is 8.08. The van der Waals surface area contributed by atoms with Crippen molar-refractivity contribution in [2.75, 3.05) is 0 Å². The van der Waals surface area contributed by atoms with Crippen LogP contribution in [-0.4, -0.2) is 0 Å². The Hall–Kier alpha value is -1.40. The van der Waals surface area contributed by atoms with Crippen LogP contribution in [0.5, 0.6) is 0 Å². The van der Waals surface area contributed by atoms with E-state index in [-0.39, 0.29) is 0 Å². The normalized spacial score (nSPS) is 10.6. The molecule has 0 saturated heterocycles. The second-order valence-corrected chi connectivity index (χ2v) is 6.09. The van der Waals surface area contributed by atoms with Gasteiger partial charge in [0.25, 0.3) is 0 Å². The van der Waals surface area contributed by atoms with Crippen molar-refractivity contribution in [3.05, 3.63) is 24.3 Å². The molecule has 0 N–H and O–H groups in total. The van der Waals surface area contributed by atoms with Crippen molar-refractivity contribution in [3.8, 4) is 23.7 Å².